The fraction of sp³-hybridized carbons (Fsp3) is 0.0833. The van der Waals surface area contributed by atoms with Gasteiger partial charge in [-0.15, -0.1) is 11.3 Å². The molecule has 0 atom stereocenters. The highest BCUT2D eigenvalue weighted by molar-refractivity contribution is 9.10. The number of rotatable bonds is 3. The first kappa shape index (κ1) is 12.1. The lowest BCUT2D eigenvalue weighted by molar-refractivity contribution is 0.0951. The van der Waals surface area contributed by atoms with Crippen LogP contribution < -0.4 is 11.1 Å². The largest absolute Gasteiger partial charge is 0.399 e. The lowest BCUT2D eigenvalue weighted by Gasteiger charge is -2.05. The van der Waals surface area contributed by atoms with Gasteiger partial charge in [-0.3, -0.25) is 4.79 Å². The zero-order chi connectivity index (χ0) is 12.3. The van der Waals surface area contributed by atoms with Gasteiger partial charge in [0.05, 0.1) is 6.54 Å². The van der Waals surface area contributed by atoms with Crippen molar-refractivity contribution in [2.45, 2.75) is 6.54 Å². The molecule has 88 valence electrons. The average Bonchev–Trinajstić information content (AvgIpc) is 2.77. The molecule has 1 amide bonds. The van der Waals surface area contributed by atoms with Crippen molar-refractivity contribution >= 4 is 38.9 Å². The molecule has 2 aromatic rings. The summed E-state index contributed by atoms with van der Waals surface area (Å²) in [4.78, 5) is 13.0. The Labute approximate surface area is 112 Å². The highest BCUT2D eigenvalue weighted by atomic mass is 79.9. The number of anilines is 1. The van der Waals surface area contributed by atoms with Gasteiger partial charge in [0, 0.05) is 20.6 Å². The summed E-state index contributed by atoms with van der Waals surface area (Å²) in [6.45, 7) is 0.545. The molecule has 17 heavy (non-hydrogen) atoms. The van der Waals surface area contributed by atoms with Gasteiger partial charge in [0.25, 0.3) is 5.91 Å². The third kappa shape index (κ3) is 3.31. The van der Waals surface area contributed by atoms with Gasteiger partial charge < -0.3 is 11.1 Å². The van der Waals surface area contributed by atoms with E-state index >= 15 is 0 Å². The molecule has 0 radical (unpaired) electrons. The summed E-state index contributed by atoms with van der Waals surface area (Å²) in [7, 11) is 0. The van der Waals surface area contributed by atoms with Crippen LogP contribution in [0.2, 0.25) is 0 Å². The minimum atomic E-state index is -0.119. The summed E-state index contributed by atoms with van der Waals surface area (Å²) in [6, 6.07) is 9.12. The van der Waals surface area contributed by atoms with Gasteiger partial charge in [-0.2, -0.15) is 0 Å². The summed E-state index contributed by atoms with van der Waals surface area (Å²) >= 11 is 4.93. The number of thiophene rings is 1. The number of halogens is 1. The molecule has 0 saturated heterocycles. The monoisotopic (exact) mass is 310 g/mol. The first-order valence-electron chi connectivity index (χ1n) is 5.02. The molecule has 1 aromatic carbocycles. The van der Waals surface area contributed by atoms with Gasteiger partial charge in [0.2, 0.25) is 0 Å². The smallest absolute Gasteiger partial charge is 0.251 e. The zero-order valence-electron chi connectivity index (χ0n) is 8.94. The summed E-state index contributed by atoms with van der Waals surface area (Å²) in [5, 5.41) is 4.84. The number of hydrogen-bond acceptors (Lipinski definition) is 3. The van der Waals surface area contributed by atoms with Gasteiger partial charge in [-0.1, -0.05) is 22.0 Å². The van der Waals surface area contributed by atoms with Crippen LogP contribution in [0.3, 0.4) is 0 Å². The van der Waals surface area contributed by atoms with Gasteiger partial charge in [0.1, 0.15) is 0 Å². The van der Waals surface area contributed by atoms with E-state index in [4.69, 9.17) is 5.73 Å². The molecule has 3 N–H and O–H groups in total. The number of carbonyl (C=O) groups is 1. The van der Waals surface area contributed by atoms with Crippen molar-refractivity contribution in [2.75, 3.05) is 5.73 Å². The lowest BCUT2D eigenvalue weighted by Crippen LogP contribution is -2.22. The molecule has 0 fully saturated rings. The maximum atomic E-state index is 11.9. The summed E-state index contributed by atoms with van der Waals surface area (Å²) in [6.07, 6.45) is 0. The van der Waals surface area contributed by atoms with E-state index in [9.17, 15) is 4.79 Å². The van der Waals surface area contributed by atoms with Crippen molar-refractivity contribution < 1.29 is 4.79 Å². The molecule has 0 aliphatic rings. The molecule has 2 rings (SSSR count). The standard InChI is InChI=1S/C12H11BrN2OS/c13-9-4-8(5-10(14)6-9)12(16)15-7-11-2-1-3-17-11/h1-6H,7,14H2,(H,15,16). The third-order valence-electron chi connectivity index (χ3n) is 2.19. The predicted molar refractivity (Wildman–Crippen MR) is 74.0 cm³/mol. The normalized spacial score (nSPS) is 10.2. The predicted octanol–water partition coefficient (Wildman–Crippen LogP) is 3.02. The van der Waals surface area contributed by atoms with Crippen LogP contribution in [0.25, 0.3) is 0 Å². The van der Waals surface area contributed by atoms with E-state index in [1.54, 1.807) is 29.5 Å². The quantitative estimate of drug-likeness (QED) is 0.856. The fourth-order valence-corrected chi connectivity index (χ4v) is 2.58. The number of nitrogen functional groups attached to an aromatic ring is 1. The first-order valence-corrected chi connectivity index (χ1v) is 6.69. The van der Waals surface area contributed by atoms with Crippen LogP contribution in [-0.4, -0.2) is 5.91 Å². The van der Waals surface area contributed by atoms with Gasteiger partial charge in [-0.05, 0) is 29.6 Å². The SMILES string of the molecule is Nc1cc(Br)cc(C(=O)NCc2cccs2)c1. The molecular formula is C12H11BrN2OS. The van der Waals surface area contributed by atoms with E-state index in [0.717, 1.165) is 9.35 Å². The Kier molecular flexibility index (Phi) is 3.81. The number of carbonyl (C=O) groups excluding carboxylic acids is 1. The van der Waals surface area contributed by atoms with Crippen molar-refractivity contribution in [3.05, 3.63) is 50.6 Å². The van der Waals surface area contributed by atoms with Crippen molar-refractivity contribution in [1.29, 1.82) is 0 Å². The summed E-state index contributed by atoms with van der Waals surface area (Å²) in [5.74, 6) is -0.119. The van der Waals surface area contributed by atoms with Gasteiger partial charge >= 0.3 is 0 Å². The molecule has 0 aliphatic heterocycles. The summed E-state index contributed by atoms with van der Waals surface area (Å²) in [5.41, 5.74) is 6.81. The minimum absolute atomic E-state index is 0.119. The molecule has 0 saturated carbocycles. The highest BCUT2D eigenvalue weighted by Crippen LogP contribution is 2.17. The van der Waals surface area contributed by atoms with Crippen LogP contribution in [0.4, 0.5) is 5.69 Å². The van der Waals surface area contributed by atoms with Crippen molar-refractivity contribution in [3.8, 4) is 0 Å². The molecule has 1 heterocycles. The number of nitrogens with two attached hydrogens (primary N) is 1. The number of benzene rings is 1. The van der Waals surface area contributed by atoms with E-state index in [-0.39, 0.29) is 5.91 Å². The topological polar surface area (TPSA) is 55.1 Å². The second kappa shape index (κ2) is 5.33. The number of hydrogen-bond donors (Lipinski definition) is 2. The number of amides is 1. The molecule has 0 unspecified atom stereocenters. The minimum Gasteiger partial charge on any atom is -0.399 e. The Morgan fingerprint density at radius 3 is 2.88 bits per heavy atom. The molecule has 3 nitrogen and oxygen atoms in total. The van der Waals surface area contributed by atoms with Crippen molar-refractivity contribution in [3.63, 3.8) is 0 Å². The van der Waals surface area contributed by atoms with E-state index in [1.165, 1.54) is 0 Å². The first-order chi connectivity index (χ1) is 8.15. The second-order valence-corrected chi connectivity index (χ2v) is 5.48. The van der Waals surface area contributed by atoms with Crippen LogP contribution in [0.5, 0.6) is 0 Å². The Morgan fingerprint density at radius 1 is 1.41 bits per heavy atom. The van der Waals surface area contributed by atoms with Crippen molar-refractivity contribution in [1.82, 2.24) is 5.32 Å². The van der Waals surface area contributed by atoms with Crippen LogP contribution in [0, 0.1) is 0 Å². The fourth-order valence-electron chi connectivity index (χ4n) is 1.43. The lowest BCUT2D eigenvalue weighted by atomic mass is 10.2. The van der Waals surface area contributed by atoms with E-state index in [2.05, 4.69) is 21.2 Å². The van der Waals surface area contributed by atoms with E-state index in [0.29, 0.717) is 17.8 Å². The van der Waals surface area contributed by atoms with Crippen LogP contribution in [-0.2, 0) is 6.54 Å². The van der Waals surface area contributed by atoms with E-state index in [1.807, 2.05) is 17.5 Å². The Bertz CT molecular complexity index is 505. The molecule has 0 bridgehead atoms. The second-order valence-electron chi connectivity index (χ2n) is 3.54. The Hall–Kier alpha value is -1.33. The molecule has 1 aromatic heterocycles. The van der Waals surface area contributed by atoms with Crippen molar-refractivity contribution in [2.24, 2.45) is 0 Å². The molecular weight excluding hydrogens is 300 g/mol. The Balaban J connectivity index is 2.04. The van der Waals surface area contributed by atoms with Crippen LogP contribution in [0.15, 0.2) is 40.2 Å². The Morgan fingerprint density at radius 2 is 2.24 bits per heavy atom. The summed E-state index contributed by atoms with van der Waals surface area (Å²) < 4.78 is 0.804. The highest BCUT2D eigenvalue weighted by Gasteiger charge is 2.07. The van der Waals surface area contributed by atoms with Gasteiger partial charge in [0.15, 0.2) is 0 Å². The van der Waals surface area contributed by atoms with Crippen LogP contribution in [0.1, 0.15) is 15.2 Å². The van der Waals surface area contributed by atoms with E-state index < -0.39 is 0 Å². The molecule has 5 heteroatoms. The zero-order valence-corrected chi connectivity index (χ0v) is 11.3. The maximum Gasteiger partial charge on any atom is 0.251 e. The van der Waals surface area contributed by atoms with Crippen LogP contribution >= 0.6 is 27.3 Å². The molecule has 0 spiro atoms. The number of nitrogens with one attached hydrogen (secondary N) is 1. The maximum absolute atomic E-state index is 11.9. The third-order valence-corrected chi connectivity index (χ3v) is 3.52. The molecule has 0 aliphatic carbocycles. The average molecular weight is 311 g/mol. The van der Waals surface area contributed by atoms with Gasteiger partial charge in [-0.25, -0.2) is 0 Å².